The van der Waals surface area contributed by atoms with E-state index in [1.165, 1.54) is 0 Å². The van der Waals surface area contributed by atoms with Crippen LogP contribution < -0.4 is 4.74 Å². The Hall–Kier alpha value is -3.85. The summed E-state index contributed by atoms with van der Waals surface area (Å²) in [6.07, 6.45) is 8.21. The maximum atomic E-state index is 13.6. The van der Waals surface area contributed by atoms with Gasteiger partial charge < -0.3 is 19.6 Å². The molecule has 1 N–H and O–H groups in total. The molecule has 0 saturated carbocycles. The number of aliphatic hydroxyl groups is 1. The molecule has 1 aliphatic heterocycles. The Morgan fingerprint density at radius 2 is 1.97 bits per heavy atom. The molecule has 2 amide bonds. The molecule has 4 rings (SSSR count). The van der Waals surface area contributed by atoms with Gasteiger partial charge in [0.2, 0.25) is 11.8 Å². The van der Waals surface area contributed by atoms with Crippen LogP contribution in [-0.4, -0.2) is 80.6 Å². The lowest BCUT2D eigenvalue weighted by molar-refractivity contribution is -0.130. The van der Waals surface area contributed by atoms with Crippen molar-refractivity contribution >= 4 is 11.8 Å². The van der Waals surface area contributed by atoms with Crippen LogP contribution in [-0.2, 0) is 11.2 Å². The highest BCUT2D eigenvalue weighted by Gasteiger charge is 2.34. The molecule has 0 saturated heterocycles. The number of carbonyl (C=O) groups excluding carboxylic acids is 2. The first kappa shape index (κ1) is 25.2. The molecule has 188 valence electrons. The maximum absolute atomic E-state index is 13.6. The number of likely N-dealkylation sites (N-methyl/N-ethyl adjacent to an activating group) is 1. The fourth-order valence-electron chi connectivity index (χ4n) is 4.21. The Morgan fingerprint density at radius 3 is 2.67 bits per heavy atom. The monoisotopic (exact) mass is 489 g/mol. The fourth-order valence-corrected chi connectivity index (χ4v) is 4.21. The number of nitrogens with zero attached hydrogens (tertiary/aromatic N) is 5. The van der Waals surface area contributed by atoms with Gasteiger partial charge in [-0.3, -0.25) is 19.6 Å². The van der Waals surface area contributed by atoms with Crippen molar-refractivity contribution < 1.29 is 19.4 Å². The molecule has 0 fully saturated rings. The molecular weight excluding hydrogens is 458 g/mol. The lowest BCUT2D eigenvalue weighted by Crippen LogP contribution is -2.50. The van der Waals surface area contributed by atoms with Crippen molar-refractivity contribution in [2.24, 2.45) is 5.92 Å². The van der Waals surface area contributed by atoms with Crippen LogP contribution in [0.4, 0.5) is 0 Å². The third-order valence-corrected chi connectivity index (χ3v) is 6.49. The second kappa shape index (κ2) is 11.3. The lowest BCUT2D eigenvalue weighted by atomic mass is 9.99. The van der Waals surface area contributed by atoms with E-state index in [4.69, 9.17) is 4.74 Å². The molecule has 36 heavy (non-hydrogen) atoms. The van der Waals surface area contributed by atoms with E-state index in [0.29, 0.717) is 18.7 Å². The third kappa shape index (κ3) is 5.68. The van der Waals surface area contributed by atoms with E-state index in [9.17, 15) is 14.7 Å². The summed E-state index contributed by atoms with van der Waals surface area (Å²) < 4.78 is 6.30. The first-order valence-electron chi connectivity index (χ1n) is 12.0. The van der Waals surface area contributed by atoms with Crippen molar-refractivity contribution in [2.75, 3.05) is 26.7 Å². The van der Waals surface area contributed by atoms with Crippen LogP contribution >= 0.6 is 0 Å². The minimum absolute atomic E-state index is 0.0567. The van der Waals surface area contributed by atoms with E-state index < -0.39 is 6.10 Å². The molecular formula is C27H31N5O4. The minimum Gasteiger partial charge on any atom is -0.472 e. The summed E-state index contributed by atoms with van der Waals surface area (Å²) in [5, 5.41) is 9.85. The molecule has 0 bridgehead atoms. The van der Waals surface area contributed by atoms with E-state index >= 15 is 0 Å². The van der Waals surface area contributed by atoms with Crippen molar-refractivity contribution in [2.45, 2.75) is 32.4 Å². The number of ether oxygens (including phenoxy) is 1. The van der Waals surface area contributed by atoms with Gasteiger partial charge in [0.1, 0.15) is 11.7 Å². The summed E-state index contributed by atoms with van der Waals surface area (Å²) in [5.41, 5.74) is 2.80. The second-order valence-corrected chi connectivity index (χ2v) is 9.25. The molecule has 9 heteroatoms. The third-order valence-electron chi connectivity index (χ3n) is 6.49. The number of fused-ring (bicyclic) bond motifs is 1. The van der Waals surface area contributed by atoms with Crippen LogP contribution in [0.1, 0.15) is 29.8 Å². The summed E-state index contributed by atoms with van der Waals surface area (Å²) in [6.45, 7) is 4.31. The molecule has 9 nitrogen and oxygen atoms in total. The van der Waals surface area contributed by atoms with Crippen molar-refractivity contribution in [1.29, 1.82) is 0 Å². The topological polar surface area (TPSA) is 109 Å². The lowest BCUT2D eigenvalue weighted by Gasteiger charge is -2.37. The van der Waals surface area contributed by atoms with E-state index in [2.05, 4.69) is 15.0 Å². The summed E-state index contributed by atoms with van der Waals surface area (Å²) in [6, 6.07) is 8.74. The highest BCUT2D eigenvalue weighted by Crippen LogP contribution is 2.30. The normalized spacial score (nSPS) is 18.4. The van der Waals surface area contributed by atoms with Gasteiger partial charge in [-0.1, -0.05) is 13.0 Å². The Kier molecular flexibility index (Phi) is 7.90. The van der Waals surface area contributed by atoms with E-state index in [1.54, 1.807) is 60.0 Å². The zero-order valence-electron chi connectivity index (χ0n) is 20.7. The molecule has 3 aromatic rings. The summed E-state index contributed by atoms with van der Waals surface area (Å²) in [5.74, 6) is -0.205. The highest BCUT2D eigenvalue weighted by molar-refractivity contribution is 5.98. The molecule has 4 heterocycles. The quantitative estimate of drug-likeness (QED) is 0.543. The van der Waals surface area contributed by atoms with Crippen molar-refractivity contribution in [3.8, 4) is 17.0 Å². The van der Waals surface area contributed by atoms with Gasteiger partial charge in [0.25, 0.3) is 5.91 Å². The molecule has 3 aromatic heterocycles. The Morgan fingerprint density at radius 1 is 1.19 bits per heavy atom. The smallest absolute Gasteiger partial charge is 0.259 e. The summed E-state index contributed by atoms with van der Waals surface area (Å²) in [7, 11) is 1.74. The number of carbonyl (C=O) groups is 2. The number of aromatic nitrogens is 3. The number of hydrogen-bond acceptors (Lipinski definition) is 7. The van der Waals surface area contributed by atoms with Gasteiger partial charge in [0.05, 0.1) is 25.6 Å². The van der Waals surface area contributed by atoms with Gasteiger partial charge in [-0.15, -0.1) is 0 Å². The molecule has 0 unspecified atom stereocenters. The van der Waals surface area contributed by atoms with Gasteiger partial charge in [-0.2, -0.15) is 0 Å². The standard InChI is InChI=1S/C27H31N5O4/c1-18-15-32(19(2)17-33)27(35)23-12-22(21-6-9-28-10-7-21)14-30-26(23)36-24(18)16-31(3)25(34)11-20-5-4-8-29-13-20/h4-10,12-14,18-19,24,33H,11,15-17H2,1-3H3/t18-,19-,24+/m1/s1. The Labute approximate surface area is 210 Å². The number of rotatable bonds is 7. The van der Waals surface area contributed by atoms with Crippen molar-refractivity contribution in [3.63, 3.8) is 0 Å². The SMILES string of the molecule is C[C@@H]1CN([C@H](C)CO)C(=O)c2cc(-c3ccncc3)cnc2O[C@H]1CN(C)C(=O)Cc1cccnc1. The van der Waals surface area contributed by atoms with Gasteiger partial charge in [0, 0.05) is 56.1 Å². The molecule has 0 spiro atoms. The zero-order chi connectivity index (χ0) is 25.7. The minimum atomic E-state index is -0.410. The van der Waals surface area contributed by atoms with Gasteiger partial charge >= 0.3 is 0 Å². The predicted molar refractivity (Wildman–Crippen MR) is 134 cm³/mol. The average molecular weight is 490 g/mol. The Bertz CT molecular complexity index is 1190. The van der Waals surface area contributed by atoms with Crippen LogP contribution in [0.15, 0.2) is 61.3 Å². The summed E-state index contributed by atoms with van der Waals surface area (Å²) in [4.78, 5) is 42.4. The van der Waals surface area contributed by atoms with Crippen LogP contribution in [0.25, 0.3) is 11.1 Å². The van der Waals surface area contributed by atoms with Crippen molar-refractivity contribution in [1.82, 2.24) is 24.8 Å². The van der Waals surface area contributed by atoms with E-state index in [-0.39, 0.29) is 42.7 Å². The highest BCUT2D eigenvalue weighted by atomic mass is 16.5. The molecule has 1 aliphatic rings. The Balaban J connectivity index is 1.62. The first-order valence-corrected chi connectivity index (χ1v) is 12.0. The summed E-state index contributed by atoms with van der Waals surface area (Å²) >= 11 is 0. The molecule has 0 aromatic carbocycles. The predicted octanol–water partition coefficient (Wildman–Crippen LogP) is 2.46. The number of pyridine rings is 3. The van der Waals surface area contributed by atoms with Crippen LogP contribution in [0.3, 0.4) is 0 Å². The number of amides is 2. The molecule has 0 aliphatic carbocycles. The first-order chi connectivity index (χ1) is 17.4. The molecule has 3 atom stereocenters. The average Bonchev–Trinajstić information content (AvgIpc) is 2.91. The zero-order valence-corrected chi connectivity index (χ0v) is 20.7. The van der Waals surface area contributed by atoms with Crippen LogP contribution in [0.5, 0.6) is 5.88 Å². The van der Waals surface area contributed by atoms with Crippen LogP contribution in [0.2, 0.25) is 0 Å². The number of hydrogen-bond donors (Lipinski definition) is 1. The second-order valence-electron chi connectivity index (χ2n) is 9.25. The number of aliphatic hydroxyl groups excluding tert-OH is 1. The van der Waals surface area contributed by atoms with Gasteiger partial charge in [-0.25, -0.2) is 4.98 Å². The fraction of sp³-hybridized carbons (Fsp3) is 0.370. The van der Waals surface area contributed by atoms with Crippen molar-refractivity contribution in [3.05, 3.63) is 72.4 Å². The van der Waals surface area contributed by atoms with Gasteiger partial charge in [0.15, 0.2) is 0 Å². The van der Waals surface area contributed by atoms with E-state index in [0.717, 1.165) is 16.7 Å². The van der Waals surface area contributed by atoms with Gasteiger partial charge in [-0.05, 0) is 42.3 Å². The van der Waals surface area contributed by atoms with Crippen LogP contribution in [0, 0.1) is 5.92 Å². The van der Waals surface area contributed by atoms with E-state index in [1.807, 2.05) is 32.0 Å². The maximum Gasteiger partial charge on any atom is 0.259 e. The molecule has 0 radical (unpaired) electrons. The largest absolute Gasteiger partial charge is 0.472 e.